The van der Waals surface area contributed by atoms with E-state index in [2.05, 4.69) is 15.0 Å². The molecule has 3 N–H and O–H groups in total. The number of sulfone groups is 1. The minimum absolute atomic E-state index is 0.0276. The van der Waals surface area contributed by atoms with E-state index in [1.807, 2.05) is 0 Å². The third-order valence-electron chi connectivity index (χ3n) is 5.29. The molecule has 0 spiro atoms. The molecule has 36 heavy (non-hydrogen) atoms. The van der Waals surface area contributed by atoms with Gasteiger partial charge in [0.15, 0.2) is 9.84 Å². The molecule has 2 aromatic carbocycles. The van der Waals surface area contributed by atoms with Gasteiger partial charge >= 0.3 is 5.97 Å². The van der Waals surface area contributed by atoms with Crippen LogP contribution in [0.25, 0.3) is 10.1 Å². The molecule has 13 heteroatoms. The van der Waals surface area contributed by atoms with E-state index in [-0.39, 0.29) is 26.9 Å². The molecular formula is C23H19Cl2N3O6S2. The number of fused-ring (bicyclic) bond motifs is 1. The maximum Gasteiger partial charge on any atom is 0.326 e. The molecule has 0 aliphatic rings. The summed E-state index contributed by atoms with van der Waals surface area (Å²) < 4.78 is 33.6. The summed E-state index contributed by atoms with van der Waals surface area (Å²) in [6, 6.07) is 7.87. The van der Waals surface area contributed by atoms with E-state index in [0.29, 0.717) is 28.0 Å². The Morgan fingerprint density at radius 3 is 2.64 bits per heavy atom. The van der Waals surface area contributed by atoms with Gasteiger partial charge in [0.05, 0.1) is 37.7 Å². The van der Waals surface area contributed by atoms with Crippen LogP contribution in [-0.2, 0) is 27.6 Å². The number of carbonyl (C=O) groups is 2. The minimum Gasteiger partial charge on any atom is -0.480 e. The molecule has 4 rings (SSSR count). The van der Waals surface area contributed by atoms with Crippen LogP contribution in [-0.4, -0.2) is 42.1 Å². The number of aliphatic carboxylic acids is 1. The molecule has 0 bridgehead atoms. The van der Waals surface area contributed by atoms with Gasteiger partial charge in [-0.3, -0.25) is 4.79 Å². The standard InChI is InChI=1S/C23H19Cl2N3O6S2/c1-36(32,33)14-4-2-3-12(7-14)8-17(23(30)31)27-22(29)18-16(24)9-15-20(19(18)25)35-28-21(15)26-10-13-5-6-34-11-13/h2-7,9,11,17H,8,10H2,1H3,(H,26,28)(H,27,29)(H,30,31). The lowest BCUT2D eigenvalue weighted by Crippen LogP contribution is -2.42. The smallest absolute Gasteiger partial charge is 0.326 e. The normalized spacial score (nSPS) is 12.4. The molecule has 2 aromatic heterocycles. The highest BCUT2D eigenvalue weighted by Gasteiger charge is 2.26. The van der Waals surface area contributed by atoms with Crippen molar-refractivity contribution in [2.75, 3.05) is 11.6 Å². The Morgan fingerprint density at radius 1 is 1.19 bits per heavy atom. The Hall–Kier alpha value is -3.12. The van der Waals surface area contributed by atoms with Crippen molar-refractivity contribution >= 4 is 72.4 Å². The van der Waals surface area contributed by atoms with Crippen molar-refractivity contribution in [3.05, 3.63) is 75.7 Å². The highest BCUT2D eigenvalue weighted by Crippen LogP contribution is 2.39. The highest BCUT2D eigenvalue weighted by atomic mass is 35.5. The quantitative estimate of drug-likeness (QED) is 0.266. The second kappa shape index (κ2) is 10.5. The second-order valence-corrected chi connectivity index (χ2v) is 11.5. The number of anilines is 1. The van der Waals surface area contributed by atoms with E-state index >= 15 is 0 Å². The van der Waals surface area contributed by atoms with Gasteiger partial charge in [0.1, 0.15) is 11.9 Å². The lowest BCUT2D eigenvalue weighted by molar-refractivity contribution is -0.139. The monoisotopic (exact) mass is 567 g/mol. The summed E-state index contributed by atoms with van der Waals surface area (Å²) in [5.74, 6) is -1.55. The molecule has 0 saturated carbocycles. The van der Waals surface area contributed by atoms with Crippen LogP contribution in [0.5, 0.6) is 0 Å². The van der Waals surface area contributed by atoms with Gasteiger partial charge in [0.25, 0.3) is 5.91 Å². The number of nitrogens with one attached hydrogen (secondary N) is 2. The van der Waals surface area contributed by atoms with Crippen LogP contribution >= 0.6 is 34.7 Å². The van der Waals surface area contributed by atoms with Crippen molar-refractivity contribution in [1.29, 1.82) is 0 Å². The third kappa shape index (κ3) is 5.65. The predicted octanol–water partition coefficient (Wildman–Crippen LogP) is 4.64. The molecule has 2 heterocycles. The Morgan fingerprint density at radius 2 is 1.97 bits per heavy atom. The summed E-state index contributed by atoms with van der Waals surface area (Å²) in [4.78, 5) is 25.0. The fraction of sp³-hybridized carbons (Fsp3) is 0.174. The number of benzene rings is 2. The van der Waals surface area contributed by atoms with E-state index in [9.17, 15) is 23.1 Å². The van der Waals surface area contributed by atoms with Crippen molar-refractivity contribution < 1.29 is 27.5 Å². The number of aromatic nitrogens is 1. The average Bonchev–Trinajstić information content (AvgIpc) is 3.47. The van der Waals surface area contributed by atoms with Crippen molar-refractivity contribution in [1.82, 2.24) is 9.69 Å². The molecule has 188 valence electrons. The zero-order valence-electron chi connectivity index (χ0n) is 18.6. The number of hydrogen-bond acceptors (Lipinski definition) is 8. The molecule has 0 radical (unpaired) electrons. The maximum absolute atomic E-state index is 13.1. The van der Waals surface area contributed by atoms with Crippen LogP contribution in [0.1, 0.15) is 21.5 Å². The van der Waals surface area contributed by atoms with E-state index in [4.69, 9.17) is 27.6 Å². The van der Waals surface area contributed by atoms with Crippen molar-refractivity contribution in [3.8, 4) is 0 Å². The van der Waals surface area contributed by atoms with Crippen LogP contribution in [0, 0.1) is 0 Å². The molecule has 9 nitrogen and oxygen atoms in total. The van der Waals surface area contributed by atoms with Gasteiger partial charge in [-0.25, -0.2) is 13.2 Å². The van der Waals surface area contributed by atoms with E-state index in [1.54, 1.807) is 30.7 Å². The van der Waals surface area contributed by atoms with Gasteiger partial charge < -0.3 is 20.2 Å². The SMILES string of the molecule is CS(=O)(=O)c1cccc(CC(NC(=O)c2c(Cl)cc3c(NCc4ccoc4)nsc3c2Cl)C(=O)O)c1. The largest absolute Gasteiger partial charge is 0.480 e. The summed E-state index contributed by atoms with van der Waals surface area (Å²) >= 11 is 14.0. The second-order valence-electron chi connectivity index (χ2n) is 7.93. The molecule has 0 aliphatic heterocycles. The van der Waals surface area contributed by atoms with Crippen LogP contribution in [0.3, 0.4) is 0 Å². The van der Waals surface area contributed by atoms with E-state index < -0.39 is 27.8 Å². The topological polar surface area (TPSA) is 139 Å². The van der Waals surface area contributed by atoms with Gasteiger partial charge in [-0.2, -0.15) is 4.37 Å². The van der Waals surface area contributed by atoms with Crippen LogP contribution < -0.4 is 10.6 Å². The zero-order chi connectivity index (χ0) is 26.0. The molecule has 0 fully saturated rings. The summed E-state index contributed by atoms with van der Waals surface area (Å²) in [7, 11) is -3.48. The lowest BCUT2D eigenvalue weighted by atomic mass is 10.1. The first-order valence-corrected chi connectivity index (χ1v) is 13.8. The molecule has 1 unspecified atom stereocenters. The van der Waals surface area contributed by atoms with Crippen molar-refractivity contribution in [2.45, 2.75) is 23.9 Å². The van der Waals surface area contributed by atoms with Gasteiger partial charge in [-0.15, -0.1) is 0 Å². The van der Waals surface area contributed by atoms with Gasteiger partial charge in [0.2, 0.25) is 0 Å². The molecule has 0 aliphatic carbocycles. The van der Waals surface area contributed by atoms with Gasteiger partial charge in [-0.1, -0.05) is 35.3 Å². The van der Waals surface area contributed by atoms with Gasteiger partial charge in [0, 0.05) is 30.2 Å². The summed E-state index contributed by atoms with van der Waals surface area (Å²) in [5.41, 5.74) is 1.26. The molecule has 4 aromatic rings. The van der Waals surface area contributed by atoms with Crippen LogP contribution in [0.4, 0.5) is 5.82 Å². The first-order valence-electron chi connectivity index (χ1n) is 10.4. The fourth-order valence-corrected chi connectivity index (χ4v) is 5.69. The van der Waals surface area contributed by atoms with Crippen molar-refractivity contribution in [2.24, 2.45) is 0 Å². The number of halogens is 2. The first kappa shape index (κ1) is 26.0. The Balaban J connectivity index is 1.57. The number of hydrogen-bond donors (Lipinski definition) is 3. The van der Waals surface area contributed by atoms with Crippen LogP contribution in [0.15, 0.2) is 58.2 Å². The summed E-state index contributed by atoms with van der Waals surface area (Å²) in [6.07, 6.45) is 4.06. The Kier molecular flexibility index (Phi) is 7.55. The number of furan rings is 1. The Labute approximate surface area is 220 Å². The van der Waals surface area contributed by atoms with Crippen molar-refractivity contribution in [3.63, 3.8) is 0 Å². The van der Waals surface area contributed by atoms with Gasteiger partial charge in [-0.05, 0) is 41.4 Å². The average molecular weight is 568 g/mol. The number of rotatable bonds is 9. The molecular weight excluding hydrogens is 549 g/mol. The lowest BCUT2D eigenvalue weighted by Gasteiger charge is -2.16. The number of carbonyl (C=O) groups excluding carboxylic acids is 1. The number of nitrogens with zero attached hydrogens (tertiary/aromatic N) is 1. The predicted molar refractivity (Wildman–Crippen MR) is 138 cm³/mol. The number of amides is 1. The van der Waals surface area contributed by atoms with Crippen LogP contribution in [0.2, 0.25) is 10.0 Å². The fourth-order valence-electron chi connectivity index (χ4n) is 3.49. The maximum atomic E-state index is 13.1. The minimum atomic E-state index is -3.48. The number of carboxylic acids is 1. The first-order chi connectivity index (χ1) is 17.0. The van der Waals surface area contributed by atoms with E-state index in [0.717, 1.165) is 23.4 Å². The highest BCUT2D eigenvalue weighted by molar-refractivity contribution is 7.90. The molecule has 1 atom stereocenters. The zero-order valence-corrected chi connectivity index (χ0v) is 21.8. The summed E-state index contributed by atoms with van der Waals surface area (Å²) in [5, 5.41) is 16.0. The molecule has 0 saturated heterocycles. The summed E-state index contributed by atoms with van der Waals surface area (Å²) in [6.45, 7) is 0.452. The molecule has 1 amide bonds. The van der Waals surface area contributed by atoms with E-state index in [1.165, 1.54) is 18.2 Å². The Bertz CT molecular complexity index is 1550. The third-order valence-corrected chi connectivity index (χ3v) is 8.07. The number of carboxylic acid groups (broad SMARTS) is 1.